The first-order chi connectivity index (χ1) is 9.32. The van der Waals surface area contributed by atoms with Crippen molar-refractivity contribution < 1.29 is 17.7 Å². The third-order valence-corrected chi connectivity index (χ3v) is 2.89. The van der Waals surface area contributed by atoms with Crippen LogP contribution >= 0.6 is 0 Å². The van der Waals surface area contributed by atoms with Crippen LogP contribution in [0, 0.1) is 6.92 Å². The van der Waals surface area contributed by atoms with E-state index < -0.39 is 12.1 Å². The Hall–Kier alpha value is -2.18. The van der Waals surface area contributed by atoms with E-state index in [2.05, 4.69) is 19.7 Å². The maximum absolute atomic E-state index is 12.4. The van der Waals surface area contributed by atoms with Gasteiger partial charge >= 0.3 is 12.1 Å². The fraction of sp³-hybridized carbons (Fsp3) is 0.308. The Labute approximate surface area is 113 Å². The van der Waals surface area contributed by atoms with Crippen molar-refractivity contribution in [2.24, 2.45) is 4.99 Å². The zero-order valence-electron chi connectivity index (χ0n) is 11.1. The summed E-state index contributed by atoms with van der Waals surface area (Å²) in [5.74, 6) is -1.45. The van der Waals surface area contributed by atoms with Gasteiger partial charge in [0, 0.05) is 18.3 Å². The second kappa shape index (κ2) is 5.07. The average Bonchev–Trinajstić information content (AvgIpc) is 2.88. The monoisotopic (exact) mass is 283 g/mol. The van der Waals surface area contributed by atoms with E-state index >= 15 is 0 Å². The molecule has 0 fully saturated rings. The molecule has 0 bridgehead atoms. The maximum atomic E-state index is 12.4. The lowest BCUT2D eigenvalue weighted by molar-refractivity contribution is -0.159. The summed E-state index contributed by atoms with van der Waals surface area (Å²) in [6.45, 7) is 3.72. The fourth-order valence-electron chi connectivity index (χ4n) is 1.73. The molecular formula is C13H12F3N3O. The summed E-state index contributed by atoms with van der Waals surface area (Å²) in [6, 6.07) is 5.12. The summed E-state index contributed by atoms with van der Waals surface area (Å²) in [5.41, 5.74) is 3.04. The highest BCUT2D eigenvalue weighted by atomic mass is 19.4. The molecule has 0 spiro atoms. The van der Waals surface area contributed by atoms with Crippen LogP contribution in [0.3, 0.4) is 0 Å². The molecule has 106 valence electrons. The molecule has 0 aliphatic carbocycles. The quantitative estimate of drug-likeness (QED) is 0.792. The number of halogens is 3. The number of aliphatic imine (C=N–C) groups is 1. The van der Waals surface area contributed by atoms with Crippen molar-refractivity contribution in [1.29, 1.82) is 0 Å². The van der Waals surface area contributed by atoms with E-state index in [1.54, 1.807) is 25.2 Å². The van der Waals surface area contributed by atoms with Crippen LogP contribution in [0.25, 0.3) is 11.4 Å². The molecule has 0 saturated carbocycles. The smallest absolute Gasteiger partial charge is 0.329 e. The first kappa shape index (κ1) is 14.2. The number of aromatic nitrogens is 2. The van der Waals surface area contributed by atoms with Crippen LogP contribution in [0.5, 0.6) is 0 Å². The lowest BCUT2D eigenvalue weighted by Crippen LogP contribution is -2.05. The molecule has 1 aromatic carbocycles. The number of nitrogens with zero attached hydrogens (tertiary/aromatic N) is 3. The fourth-order valence-corrected chi connectivity index (χ4v) is 1.73. The Morgan fingerprint density at radius 3 is 2.55 bits per heavy atom. The number of alkyl halides is 3. The predicted molar refractivity (Wildman–Crippen MR) is 67.6 cm³/mol. The van der Waals surface area contributed by atoms with Crippen molar-refractivity contribution in [3.05, 3.63) is 35.2 Å². The topological polar surface area (TPSA) is 51.3 Å². The lowest BCUT2D eigenvalue weighted by atomic mass is 10.0. The molecular weight excluding hydrogens is 271 g/mol. The highest BCUT2D eigenvalue weighted by molar-refractivity contribution is 6.00. The zero-order chi connectivity index (χ0) is 14.9. The molecule has 2 aromatic rings. The SMILES string of the molecule is CN=C(C)c1cc(-c2noc(C(F)(F)F)n2)ccc1C. The number of rotatable bonds is 2. The number of hydrogen-bond acceptors (Lipinski definition) is 4. The molecule has 0 radical (unpaired) electrons. The van der Waals surface area contributed by atoms with Gasteiger partial charge in [-0.25, -0.2) is 0 Å². The summed E-state index contributed by atoms with van der Waals surface area (Å²) >= 11 is 0. The van der Waals surface area contributed by atoms with E-state index in [9.17, 15) is 13.2 Å². The number of benzene rings is 1. The predicted octanol–water partition coefficient (Wildman–Crippen LogP) is 3.50. The second-order valence-corrected chi connectivity index (χ2v) is 4.26. The molecule has 0 atom stereocenters. The van der Waals surface area contributed by atoms with Gasteiger partial charge in [0.25, 0.3) is 0 Å². The Kier molecular flexibility index (Phi) is 3.61. The molecule has 0 N–H and O–H groups in total. The molecule has 4 nitrogen and oxygen atoms in total. The van der Waals surface area contributed by atoms with Crippen molar-refractivity contribution in [1.82, 2.24) is 10.1 Å². The van der Waals surface area contributed by atoms with Crippen LogP contribution < -0.4 is 0 Å². The Morgan fingerprint density at radius 1 is 1.30 bits per heavy atom. The van der Waals surface area contributed by atoms with Gasteiger partial charge in [0.15, 0.2) is 0 Å². The Morgan fingerprint density at radius 2 is 2.00 bits per heavy atom. The molecule has 0 saturated heterocycles. The van der Waals surface area contributed by atoms with Gasteiger partial charge in [-0.1, -0.05) is 17.3 Å². The van der Waals surface area contributed by atoms with Crippen molar-refractivity contribution in [3.8, 4) is 11.4 Å². The minimum Gasteiger partial charge on any atom is -0.329 e. The van der Waals surface area contributed by atoms with E-state index in [-0.39, 0.29) is 5.82 Å². The highest BCUT2D eigenvalue weighted by Crippen LogP contribution is 2.29. The molecule has 0 amide bonds. The van der Waals surface area contributed by atoms with Gasteiger partial charge in [-0.05, 0) is 31.0 Å². The third-order valence-electron chi connectivity index (χ3n) is 2.89. The largest absolute Gasteiger partial charge is 0.471 e. The molecule has 2 rings (SSSR count). The minimum absolute atomic E-state index is 0.0949. The first-order valence-electron chi connectivity index (χ1n) is 5.78. The maximum Gasteiger partial charge on any atom is 0.471 e. The van der Waals surface area contributed by atoms with Gasteiger partial charge < -0.3 is 4.52 Å². The number of aryl methyl sites for hydroxylation is 1. The summed E-state index contributed by atoms with van der Waals surface area (Å²) in [4.78, 5) is 7.44. The molecule has 0 unspecified atom stereocenters. The standard InChI is InChI=1S/C13H12F3N3O/c1-7-4-5-9(6-10(7)8(2)17-3)11-18-12(20-19-11)13(14,15)16/h4-6H,1-3H3. The average molecular weight is 283 g/mol. The summed E-state index contributed by atoms with van der Waals surface area (Å²) in [7, 11) is 1.65. The van der Waals surface area contributed by atoms with Crippen molar-refractivity contribution in [2.45, 2.75) is 20.0 Å². The Bertz CT molecular complexity index is 659. The summed E-state index contributed by atoms with van der Waals surface area (Å²) in [5, 5.41) is 3.36. The normalized spacial score (nSPS) is 12.8. The van der Waals surface area contributed by atoms with E-state index in [0.717, 1.165) is 16.8 Å². The van der Waals surface area contributed by atoms with Gasteiger partial charge in [-0.15, -0.1) is 0 Å². The van der Waals surface area contributed by atoms with E-state index in [1.165, 1.54) is 0 Å². The van der Waals surface area contributed by atoms with Crippen LogP contribution in [-0.4, -0.2) is 22.9 Å². The number of hydrogen-bond donors (Lipinski definition) is 0. The highest BCUT2D eigenvalue weighted by Gasteiger charge is 2.38. The van der Waals surface area contributed by atoms with Gasteiger partial charge in [0.2, 0.25) is 5.82 Å². The molecule has 1 aromatic heterocycles. The molecule has 20 heavy (non-hydrogen) atoms. The van der Waals surface area contributed by atoms with Crippen LogP contribution in [0.2, 0.25) is 0 Å². The van der Waals surface area contributed by atoms with Crippen LogP contribution in [-0.2, 0) is 6.18 Å². The molecule has 0 aliphatic rings. The third kappa shape index (κ3) is 2.71. The van der Waals surface area contributed by atoms with E-state index in [4.69, 9.17) is 0 Å². The van der Waals surface area contributed by atoms with Crippen molar-refractivity contribution >= 4 is 5.71 Å². The van der Waals surface area contributed by atoms with Crippen molar-refractivity contribution in [2.75, 3.05) is 7.05 Å². The molecule has 1 heterocycles. The van der Waals surface area contributed by atoms with E-state index in [0.29, 0.717) is 5.56 Å². The Balaban J connectivity index is 2.46. The van der Waals surface area contributed by atoms with E-state index in [1.807, 2.05) is 13.8 Å². The second-order valence-electron chi connectivity index (χ2n) is 4.26. The molecule has 0 aliphatic heterocycles. The zero-order valence-corrected chi connectivity index (χ0v) is 11.1. The van der Waals surface area contributed by atoms with Gasteiger partial charge in [0.05, 0.1) is 0 Å². The van der Waals surface area contributed by atoms with Crippen molar-refractivity contribution in [3.63, 3.8) is 0 Å². The first-order valence-corrected chi connectivity index (χ1v) is 5.78. The molecule has 7 heteroatoms. The van der Waals surface area contributed by atoms with Gasteiger partial charge in [-0.2, -0.15) is 18.2 Å². The van der Waals surface area contributed by atoms with Crippen LogP contribution in [0.4, 0.5) is 13.2 Å². The minimum atomic E-state index is -4.64. The summed E-state index contributed by atoms with van der Waals surface area (Å²) in [6.07, 6.45) is -4.64. The van der Waals surface area contributed by atoms with Gasteiger partial charge in [-0.3, -0.25) is 4.99 Å². The summed E-state index contributed by atoms with van der Waals surface area (Å²) < 4.78 is 41.5. The van der Waals surface area contributed by atoms with Crippen LogP contribution in [0.15, 0.2) is 27.7 Å². The lowest BCUT2D eigenvalue weighted by Gasteiger charge is -2.06. The van der Waals surface area contributed by atoms with Crippen LogP contribution in [0.1, 0.15) is 23.9 Å². The van der Waals surface area contributed by atoms with Gasteiger partial charge in [0.1, 0.15) is 0 Å².